The van der Waals surface area contributed by atoms with Crippen LogP contribution < -0.4 is 0 Å². The van der Waals surface area contributed by atoms with Gasteiger partial charge in [0, 0.05) is 0 Å². The first-order valence-corrected chi connectivity index (χ1v) is 3.47. The smallest absolute Gasteiger partial charge is 0.0676 e. The topological polar surface area (TPSA) is 20.2 Å². The van der Waals surface area contributed by atoms with Crippen molar-refractivity contribution in [2.24, 2.45) is 0 Å². The number of aliphatic hydroxyl groups is 1. The summed E-state index contributed by atoms with van der Waals surface area (Å²) in [5.74, 6) is 0. The molecule has 1 nitrogen and oxygen atoms in total. The molecule has 2 heteroatoms. The Hall–Kier alpha value is -0.470. The zero-order chi connectivity index (χ0) is 7.98. The van der Waals surface area contributed by atoms with Crippen molar-refractivity contribution < 1.29 is 5.11 Å². The summed E-state index contributed by atoms with van der Waals surface area (Å²) in [7, 11) is 0. The molecule has 0 aromatic rings. The molecule has 0 radical (unpaired) electrons. The molecule has 10 heavy (non-hydrogen) atoms. The molecule has 0 aromatic carbocycles. The summed E-state index contributed by atoms with van der Waals surface area (Å²) in [4.78, 5) is 0.870. The third-order valence-electron chi connectivity index (χ3n) is 0.989. The van der Waals surface area contributed by atoms with Gasteiger partial charge >= 0.3 is 0 Å². The largest absolute Gasteiger partial charge is 0.392 e. The molecule has 56 valence electrons. The summed E-state index contributed by atoms with van der Waals surface area (Å²) in [5, 5.41) is 8.53. The number of aliphatic hydroxyl groups excluding tert-OH is 1. The van der Waals surface area contributed by atoms with Gasteiger partial charge in [0.2, 0.25) is 0 Å². The maximum absolute atomic E-state index is 8.53. The summed E-state index contributed by atoms with van der Waals surface area (Å²) in [6.45, 7) is 5.48. The van der Waals surface area contributed by atoms with E-state index in [4.69, 9.17) is 5.11 Å². The molecule has 0 fully saturated rings. The zero-order valence-corrected chi connectivity index (χ0v) is 6.94. The predicted octanol–water partition coefficient (Wildman–Crippen LogP) is 1.92. The lowest BCUT2D eigenvalue weighted by Gasteiger charge is -1.90. The Kier molecular flexibility index (Phi) is 5.08. The second-order valence-electron chi connectivity index (χ2n) is 1.86. The molecule has 0 amide bonds. The van der Waals surface area contributed by atoms with E-state index >= 15 is 0 Å². The molecular weight excluding hydrogens is 144 g/mol. The van der Waals surface area contributed by atoms with Crippen LogP contribution in [0.4, 0.5) is 0 Å². The van der Waals surface area contributed by atoms with Gasteiger partial charge in [0.1, 0.15) is 0 Å². The molecule has 0 spiro atoms. The molecule has 0 heterocycles. The van der Waals surface area contributed by atoms with Crippen LogP contribution in [0.15, 0.2) is 35.3 Å². The molecule has 0 unspecified atom stereocenters. The Bertz CT molecular complexity index is 168. The van der Waals surface area contributed by atoms with E-state index in [1.165, 1.54) is 0 Å². The number of rotatable bonds is 3. The van der Waals surface area contributed by atoms with Crippen LogP contribution in [0, 0.1) is 0 Å². The lowest BCUT2D eigenvalue weighted by atomic mass is 10.3. The standard InChI is InChI=1S/C8H12OS/c1-3-8(10)5-4-7(2)6-9/h3-5,9-10H,2,6H2,1H3/b5-4-,8-3+. The van der Waals surface area contributed by atoms with Crippen LogP contribution in [-0.4, -0.2) is 11.7 Å². The average molecular weight is 156 g/mol. The van der Waals surface area contributed by atoms with E-state index in [9.17, 15) is 0 Å². The number of hydrogen-bond donors (Lipinski definition) is 2. The Balaban J connectivity index is 3.88. The molecule has 0 aliphatic rings. The SMILES string of the molecule is C=C(/C=C\C(S)=C/C)CO. The van der Waals surface area contributed by atoms with E-state index in [0.29, 0.717) is 5.57 Å². The van der Waals surface area contributed by atoms with Crippen LogP contribution in [0.3, 0.4) is 0 Å². The van der Waals surface area contributed by atoms with Crippen LogP contribution in [0.5, 0.6) is 0 Å². The highest BCUT2D eigenvalue weighted by Crippen LogP contribution is 2.03. The third kappa shape index (κ3) is 4.41. The highest BCUT2D eigenvalue weighted by Gasteiger charge is 1.82. The second kappa shape index (κ2) is 5.33. The van der Waals surface area contributed by atoms with Crippen LogP contribution in [0.2, 0.25) is 0 Å². The maximum Gasteiger partial charge on any atom is 0.0676 e. The first kappa shape index (κ1) is 9.53. The van der Waals surface area contributed by atoms with Gasteiger partial charge in [0.05, 0.1) is 6.61 Å². The van der Waals surface area contributed by atoms with Crippen molar-refractivity contribution in [3.63, 3.8) is 0 Å². The van der Waals surface area contributed by atoms with Crippen molar-refractivity contribution in [1.82, 2.24) is 0 Å². The van der Waals surface area contributed by atoms with Crippen molar-refractivity contribution in [3.05, 3.63) is 35.3 Å². The van der Waals surface area contributed by atoms with E-state index in [0.717, 1.165) is 4.91 Å². The quantitative estimate of drug-likeness (QED) is 0.472. The minimum absolute atomic E-state index is 0.00126. The summed E-state index contributed by atoms with van der Waals surface area (Å²) < 4.78 is 0. The fourth-order valence-electron chi connectivity index (χ4n) is 0.352. The van der Waals surface area contributed by atoms with Gasteiger partial charge in [-0.3, -0.25) is 0 Å². The fraction of sp³-hybridized carbons (Fsp3) is 0.250. The monoisotopic (exact) mass is 156 g/mol. The zero-order valence-electron chi connectivity index (χ0n) is 6.04. The van der Waals surface area contributed by atoms with Crippen LogP contribution in [0.25, 0.3) is 0 Å². The van der Waals surface area contributed by atoms with Crippen LogP contribution >= 0.6 is 12.6 Å². The van der Waals surface area contributed by atoms with Crippen molar-refractivity contribution in [2.45, 2.75) is 6.92 Å². The van der Waals surface area contributed by atoms with E-state index in [1.807, 2.05) is 13.0 Å². The van der Waals surface area contributed by atoms with E-state index in [1.54, 1.807) is 12.2 Å². The van der Waals surface area contributed by atoms with Gasteiger partial charge in [0.15, 0.2) is 0 Å². The van der Waals surface area contributed by atoms with Gasteiger partial charge in [-0.1, -0.05) is 18.7 Å². The van der Waals surface area contributed by atoms with Gasteiger partial charge in [0.25, 0.3) is 0 Å². The normalized spacial score (nSPS) is 12.5. The van der Waals surface area contributed by atoms with E-state index in [2.05, 4.69) is 19.2 Å². The Labute approximate surface area is 67.2 Å². The van der Waals surface area contributed by atoms with Crippen molar-refractivity contribution >= 4 is 12.6 Å². The molecule has 0 atom stereocenters. The molecule has 0 aromatic heterocycles. The maximum atomic E-state index is 8.53. The molecule has 0 aliphatic carbocycles. The summed E-state index contributed by atoms with van der Waals surface area (Å²) in [6, 6.07) is 0. The van der Waals surface area contributed by atoms with Gasteiger partial charge in [-0.05, 0) is 23.5 Å². The highest BCUT2D eigenvalue weighted by molar-refractivity contribution is 7.84. The molecule has 0 aliphatic heterocycles. The minimum atomic E-state index is 0.00126. The highest BCUT2D eigenvalue weighted by atomic mass is 32.1. The molecular formula is C8H12OS. The van der Waals surface area contributed by atoms with Crippen molar-refractivity contribution in [3.8, 4) is 0 Å². The molecule has 0 saturated carbocycles. The Morgan fingerprint density at radius 1 is 1.60 bits per heavy atom. The fourth-order valence-corrected chi connectivity index (χ4v) is 0.427. The van der Waals surface area contributed by atoms with Gasteiger partial charge in [-0.2, -0.15) is 0 Å². The van der Waals surface area contributed by atoms with Gasteiger partial charge in [-0.15, -0.1) is 12.6 Å². The lowest BCUT2D eigenvalue weighted by Crippen LogP contribution is -1.81. The first-order valence-electron chi connectivity index (χ1n) is 3.02. The first-order chi connectivity index (χ1) is 4.70. The molecule has 0 bridgehead atoms. The number of allylic oxidation sites excluding steroid dienone is 2. The van der Waals surface area contributed by atoms with E-state index in [-0.39, 0.29) is 6.61 Å². The van der Waals surface area contributed by atoms with Crippen molar-refractivity contribution in [1.29, 1.82) is 0 Å². The van der Waals surface area contributed by atoms with E-state index < -0.39 is 0 Å². The number of hydrogen-bond acceptors (Lipinski definition) is 2. The molecule has 1 N–H and O–H groups in total. The second-order valence-corrected chi connectivity index (χ2v) is 2.38. The molecule has 0 rings (SSSR count). The molecule has 0 saturated heterocycles. The summed E-state index contributed by atoms with van der Waals surface area (Å²) in [6.07, 6.45) is 5.40. The van der Waals surface area contributed by atoms with Gasteiger partial charge in [-0.25, -0.2) is 0 Å². The van der Waals surface area contributed by atoms with Crippen LogP contribution in [0.1, 0.15) is 6.92 Å². The van der Waals surface area contributed by atoms with Crippen LogP contribution in [-0.2, 0) is 0 Å². The average Bonchev–Trinajstić information content (AvgIpc) is 1.99. The summed E-state index contributed by atoms with van der Waals surface area (Å²) >= 11 is 4.10. The predicted molar refractivity (Wildman–Crippen MR) is 48.1 cm³/mol. The van der Waals surface area contributed by atoms with Crippen molar-refractivity contribution in [2.75, 3.05) is 6.61 Å². The third-order valence-corrected chi connectivity index (χ3v) is 1.40. The number of thiol groups is 1. The van der Waals surface area contributed by atoms with Gasteiger partial charge < -0.3 is 5.11 Å². The Morgan fingerprint density at radius 3 is 2.60 bits per heavy atom. The minimum Gasteiger partial charge on any atom is -0.392 e. The Morgan fingerprint density at radius 2 is 2.20 bits per heavy atom. The lowest BCUT2D eigenvalue weighted by molar-refractivity contribution is 0.335. The summed E-state index contributed by atoms with van der Waals surface area (Å²) in [5.41, 5.74) is 0.688.